The Labute approximate surface area is 133 Å². The summed E-state index contributed by atoms with van der Waals surface area (Å²) in [7, 11) is 0. The van der Waals surface area contributed by atoms with Crippen molar-refractivity contribution in [2.24, 2.45) is 11.8 Å². The Hall–Kier alpha value is -1.81. The van der Waals surface area contributed by atoms with Gasteiger partial charge in [0.2, 0.25) is 0 Å². The molecule has 1 aromatic rings. The fourth-order valence-electron chi connectivity index (χ4n) is 3.48. The predicted molar refractivity (Wildman–Crippen MR) is 92.3 cm³/mol. The van der Waals surface area contributed by atoms with Crippen molar-refractivity contribution in [3.05, 3.63) is 35.4 Å². The predicted octanol–water partition coefficient (Wildman–Crippen LogP) is 3.01. The zero-order chi connectivity index (χ0) is 16.7. The summed E-state index contributed by atoms with van der Waals surface area (Å²) in [5, 5.41) is 0. The van der Waals surface area contributed by atoms with E-state index in [1.807, 2.05) is 0 Å². The van der Waals surface area contributed by atoms with Crippen LogP contribution in [-0.2, 0) is 4.79 Å². The molecule has 0 radical (unpaired) electrons. The molecular formula is C18H27N3O. The lowest BCUT2D eigenvalue weighted by Gasteiger charge is -2.48. The van der Waals surface area contributed by atoms with Crippen LogP contribution in [0.1, 0.15) is 45.7 Å². The van der Waals surface area contributed by atoms with Gasteiger partial charge in [-0.15, -0.1) is 0 Å². The molecule has 22 heavy (non-hydrogen) atoms. The Kier molecular flexibility index (Phi) is 4.34. The van der Waals surface area contributed by atoms with E-state index in [2.05, 4.69) is 76.1 Å². The highest BCUT2D eigenvalue weighted by Crippen LogP contribution is 2.41. The minimum absolute atomic E-state index is 0.142. The van der Waals surface area contributed by atoms with Crippen molar-refractivity contribution in [2.75, 3.05) is 4.90 Å². The van der Waals surface area contributed by atoms with Crippen LogP contribution in [0.4, 0.5) is 5.69 Å². The van der Waals surface area contributed by atoms with Gasteiger partial charge in [0, 0.05) is 11.3 Å². The quantitative estimate of drug-likeness (QED) is 0.512. The summed E-state index contributed by atoms with van der Waals surface area (Å²) in [6.07, 6.45) is 2.23. The largest absolute Gasteiger partial charge is 0.350 e. The van der Waals surface area contributed by atoms with Gasteiger partial charge in [-0.05, 0) is 51.3 Å². The molecular weight excluding hydrogens is 274 g/mol. The standard InChI is InChI=1S/C18H27N3O/c1-11(2)16(17(22)20-19)21-15-8-7-12(3)9-14(15)13(4)10-18(21,5)6/h7-11,16H,19H2,1-6H3,(H,20,22)/t16-/m0/s1. The Bertz CT molecular complexity index is 617. The average Bonchev–Trinajstić information content (AvgIpc) is 2.42. The number of nitrogens with zero attached hydrogens (tertiary/aromatic N) is 1. The van der Waals surface area contributed by atoms with Gasteiger partial charge in [0.15, 0.2) is 0 Å². The van der Waals surface area contributed by atoms with E-state index in [9.17, 15) is 4.79 Å². The number of allylic oxidation sites excluding steroid dienone is 1. The lowest BCUT2D eigenvalue weighted by Crippen LogP contribution is -2.59. The van der Waals surface area contributed by atoms with Gasteiger partial charge in [0.1, 0.15) is 6.04 Å². The molecule has 0 aliphatic carbocycles. The van der Waals surface area contributed by atoms with Crippen molar-refractivity contribution >= 4 is 17.2 Å². The topological polar surface area (TPSA) is 58.4 Å². The maximum atomic E-state index is 12.4. The third-order valence-corrected chi connectivity index (χ3v) is 4.35. The average molecular weight is 301 g/mol. The van der Waals surface area contributed by atoms with Gasteiger partial charge in [-0.25, -0.2) is 5.84 Å². The molecule has 0 unspecified atom stereocenters. The summed E-state index contributed by atoms with van der Waals surface area (Å²) < 4.78 is 0. The van der Waals surface area contributed by atoms with Crippen molar-refractivity contribution in [3.8, 4) is 0 Å². The minimum atomic E-state index is -0.314. The number of amides is 1. The van der Waals surface area contributed by atoms with Crippen LogP contribution < -0.4 is 16.2 Å². The zero-order valence-corrected chi connectivity index (χ0v) is 14.4. The summed E-state index contributed by atoms with van der Waals surface area (Å²) in [6.45, 7) is 12.6. The van der Waals surface area contributed by atoms with Crippen molar-refractivity contribution in [1.82, 2.24) is 5.43 Å². The van der Waals surface area contributed by atoms with Gasteiger partial charge >= 0.3 is 0 Å². The van der Waals surface area contributed by atoms with E-state index in [1.54, 1.807) is 0 Å². The van der Waals surface area contributed by atoms with E-state index in [1.165, 1.54) is 16.7 Å². The summed E-state index contributed by atoms with van der Waals surface area (Å²) in [4.78, 5) is 14.6. The fraction of sp³-hybridized carbons (Fsp3) is 0.500. The summed E-state index contributed by atoms with van der Waals surface area (Å²) in [5.74, 6) is 5.43. The van der Waals surface area contributed by atoms with Crippen LogP contribution in [0.2, 0.25) is 0 Å². The van der Waals surface area contributed by atoms with Gasteiger partial charge in [-0.2, -0.15) is 0 Å². The number of hydrogen-bond donors (Lipinski definition) is 2. The lowest BCUT2D eigenvalue weighted by molar-refractivity contribution is -0.123. The van der Waals surface area contributed by atoms with Gasteiger partial charge in [-0.3, -0.25) is 10.2 Å². The Morgan fingerprint density at radius 1 is 1.27 bits per heavy atom. The zero-order valence-electron chi connectivity index (χ0n) is 14.4. The molecule has 2 rings (SSSR count). The van der Waals surface area contributed by atoms with Crippen molar-refractivity contribution < 1.29 is 4.79 Å². The molecule has 0 saturated carbocycles. The highest BCUT2D eigenvalue weighted by Gasteiger charge is 2.40. The van der Waals surface area contributed by atoms with Crippen molar-refractivity contribution in [3.63, 3.8) is 0 Å². The first-order valence-corrected chi connectivity index (χ1v) is 7.79. The number of nitrogens with one attached hydrogen (secondary N) is 1. The number of benzene rings is 1. The molecule has 1 heterocycles. The van der Waals surface area contributed by atoms with E-state index in [4.69, 9.17) is 5.84 Å². The van der Waals surface area contributed by atoms with E-state index in [-0.39, 0.29) is 23.4 Å². The molecule has 0 spiro atoms. The number of hydrogen-bond acceptors (Lipinski definition) is 3. The van der Waals surface area contributed by atoms with Gasteiger partial charge < -0.3 is 4.90 Å². The minimum Gasteiger partial charge on any atom is -0.350 e. The molecule has 1 aromatic carbocycles. The van der Waals surface area contributed by atoms with Crippen molar-refractivity contribution in [1.29, 1.82) is 0 Å². The highest BCUT2D eigenvalue weighted by molar-refractivity contribution is 5.90. The first kappa shape index (κ1) is 16.6. The van der Waals surface area contributed by atoms with Crippen LogP contribution >= 0.6 is 0 Å². The lowest BCUT2D eigenvalue weighted by atomic mass is 9.84. The second-order valence-corrected chi connectivity index (χ2v) is 7.07. The molecule has 1 aliphatic heterocycles. The number of aryl methyl sites for hydroxylation is 1. The second kappa shape index (κ2) is 5.76. The number of nitrogens with two attached hydrogens (primary N) is 1. The number of carbonyl (C=O) groups excluding carboxylic acids is 1. The normalized spacial score (nSPS) is 17.8. The van der Waals surface area contributed by atoms with Crippen LogP contribution in [0.5, 0.6) is 0 Å². The maximum absolute atomic E-state index is 12.4. The smallest absolute Gasteiger partial charge is 0.256 e. The molecule has 4 nitrogen and oxygen atoms in total. The van der Waals surface area contributed by atoms with E-state index >= 15 is 0 Å². The maximum Gasteiger partial charge on any atom is 0.256 e. The highest BCUT2D eigenvalue weighted by atomic mass is 16.2. The molecule has 1 atom stereocenters. The molecule has 0 aromatic heterocycles. The van der Waals surface area contributed by atoms with Gasteiger partial charge in [-0.1, -0.05) is 31.6 Å². The second-order valence-electron chi connectivity index (χ2n) is 7.07. The molecule has 3 N–H and O–H groups in total. The van der Waals surface area contributed by atoms with E-state index in [0.29, 0.717) is 0 Å². The number of carbonyl (C=O) groups is 1. The number of hydrazine groups is 1. The third-order valence-electron chi connectivity index (χ3n) is 4.35. The van der Waals surface area contributed by atoms with E-state index < -0.39 is 0 Å². The summed E-state index contributed by atoms with van der Waals surface area (Å²) in [6, 6.07) is 6.08. The first-order chi connectivity index (χ1) is 10.2. The molecule has 120 valence electrons. The monoisotopic (exact) mass is 301 g/mol. The molecule has 0 saturated heterocycles. The number of rotatable bonds is 3. The van der Waals surface area contributed by atoms with Crippen molar-refractivity contribution in [2.45, 2.75) is 53.1 Å². The Morgan fingerprint density at radius 2 is 1.91 bits per heavy atom. The fourth-order valence-corrected chi connectivity index (χ4v) is 3.48. The van der Waals surface area contributed by atoms with Crippen LogP contribution in [-0.4, -0.2) is 17.5 Å². The van der Waals surface area contributed by atoms with Crippen LogP contribution in [0.15, 0.2) is 24.3 Å². The first-order valence-electron chi connectivity index (χ1n) is 7.79. The van der Waals surface area contributed by atoms with Crippen LogP contribution in [0, 0.1) is 12.8 Å². The van der Waals surface area contributed by atoms with Crippen LogP contribution in [0.3, 0.4) is 0 Å². The molecule has 1 amide bonds. The molecule has 1 aliphatic rings. The number of anilines is 1. The molecule has 0 fully saturated rings. The van der Waals surface area contributed by atoms with Gasteiger partial charge in [0.25, 0.3) is 5.91 Å². The SMILES string of the molecule is CC1=CC(C)(C)N([C@H](C(=O)NN)C(C)C)c2ccc(C)cc21. The molecule has 4 heteroatoms. The van der Waals surface area contributed by atoms with Gasteiger partial charge in [0.05, 0.1) is 5.54 Å². The Morgan fingerprint density at radius 3 is 2.45 bits per heavy atom. The Balaban J connectivity index is 2.65. The summed E-state index contributed by atoms with van der Waals surface area (Å²) in [5.41, 5.74) is 6.83. The number of fused-ring (bicyclic) bond motifs is 1. The summed E-state index contributed by atoms with van der Waals surface area (Å²) >= 11 is 0. The third kappa shape index (κ3) is 2.75. The van der Waals surface area contributed by atoms with Crippen LogP contribution in [0.25, 0.3) is 5.57 Å². The molecule has 0 bridgehead atoms. The van der Waals surface area contributed by atoms with E-state index in [0.717, 1.165) is 5.69 Å².